The van der Waals surface area contributed by atoms with Crippen molar-refractivity contribution in [1.29, 1.82) is 0 Å². The molecule has 1 aromatic rings. The van der Waals surface area contributed by atoms with Crippen LogP contribution in [0, 0.1) is 17.7 Å². The van der Waals surface area contributed by atoms with Crippen LogP contribution in [0.15, 0.2) is 59.0 Å². The molecule has 0 radical (unpaired) electrons. The summed E-state index contributed by atoms with van der Waals surface area (Å²) in [6, 6.07) is 6.86. The van der Waals surface area contributed by atoms with Crippen LogP contribution in [-0.4, -0.2) is 11.9 Å². The van der Waals surface area contributed by atoms with E-state index in [1.54, 1.807) is 17.7 Å². The van der Waals surface area contributed by atoms with Gasteiger partial charge in [-0.15, -0.1) is 0 Å². The maximum atomic E-state index is 13.4. The number of carbonyl (C=O) groups is 1. The van der Waals surface area contributed by atoms with Crippen LogP contribution in [0.5, 0.6) is 0 Å². The molecule has 5 heteroatoms. The highest BCUT2D eigenvalue weighted by molar-refractivity contribution is 5.76. The van der Waals surface area contributed by atoms with Crippen LogP contribution < -0.4 is 15.8 Å². The van der Waals surface area contributed by atoms with E-state index in [-0.39, 0.29) is 17.8 Å². The van der Waals surface area contributed by atoms with Crippen LogP contribution in [0.25, 0.3) is 0 Å². The summed E-state index contributed by atoms with van der Waals surface area (Å²) in [6.07, 6.45) is 11.3. The fraction of sp³-hybridized carbons (Fsp3) is 0.500. The standard InChI is InChI=1S/C26H34FN3O/c1-4-6-21(29-25(31)7-5-2)14-18-8-9-19-15-24-23(17(3)26(18)19)16-28-30(24)22-12-10-20(27)11-13-22/h10-13,15-18,21,28H,4-9,14H2,1-3H3,(H,29,31)/t17-,18+,21?/m0/s1. The third-order valence-electron chi connectivity index (χ3n) is 6.84. The third-order valence-corrected chi connectivity index (χ3v) is 6.84. The Morgan fingerprint density at radius 2 is 2.03 bits per heavy atom. The van der Waals surface area contributed by atoms with Gasteiger partial charge in [0, 0.05) is 30.2 Å². The molecule has 2 N–H and O–H groups in total. The molecule has 0 spiro atoms. The van der Waals surface area contributed by atoms with Crippen LogP contribution in [0.1, 0.15) is 65.7 Å². The first-order valence-electron chi connectivity index (χ1n) is 11.8. The summed E-state index contributed by atoms with van der Waals surface area (Å²) in [7, 11) is 0. The zero-order chi connectivity index (χ0) is 22.0. The van der Waals surface area contributed by atoms with Crippen molar-refractivity contribution in [3.05, 3.63) is 64.8 Å². The normalized spacial score (nSPS) is 23.0. The summed E-state index contributed by atoms with van der Waals surface area (Å²) >= 11 is 0. The predicted molar refractivity (Wildman–Crippen MR) is 123 cm³/mol. The molecule has 0 fully saturated rings. The lowest BCUT2D eigenvalue weighted by Gasteiger charge is -2.31. The summed E-state index contributed by atoms with van der Waals surface area (Å²) < 4.78 is 13.4. The molecule has 0 saturated carbocycles. The topological polar surface area (TPSA) is 44.4 Å². The number of fused-ring (bicyclic) bond motifs is 1. The Morgan fingerprint density at radius 1 is 1.26 bits per heavy atom. The van der Waals surface area contributed by atoms with Crippen molar-refractivity contribution in [2.45, 2.75) is 71.8 Å². The molecule has 4 nitrogen and oxygen atoms in total. The molecule has 31 heavy (non-hydrogen) atoms. The summed E-state index contributed by atoms with van der Waals surface area (Å²) in [5.41, 5.74) is 9.74. The fourth-order valence-electron chi connectivity index (χ4n) is 5.43. The average molecular weight is 424 g/mol. The third kappa shape index (κ3) is 4.41. The fourth-order valence-corrected chi connectivity index (χ4v) is 5.43. The highest BCUT2D eigenvalue weighted by Gasteiger charge is 2.38. The largest absolute Gasteiger partial charge is 0.353 e. The van der Waals surface area contributed by atoms with Crippen molar-refractivity contribution in [2.24, 2.45) is 11.8 Å². The number of rotatable bonds is 8. The molecular weight excluding hydrogens is 389 g/mol. The molecule has 3 aliphatic rings. The highest BCUT2D eigenvalue weighted by atomic mass is 19.1. The lowest BCUT2D eigenvalue weighted by molar-refractivity contribution is -0.122. The number of carbonyl (C=O) groups excluding carboxylic acids is 1. The minimum atomic E-state index is -0.224. The predicted octanol–water partition coefficient (Wildman–Crippen LogP) is 5.75. The van der Waals surface area contributed by atoms with Gasteiger partial charge in [0.05, 0.1) is 11.4 Å². The van der Waals surface area contributed by atoms with E-state index in [0.29, 0.717) is 18.3 Å². The molecule has 4 rings (SSSR count). The number of amides is 1. The second-order valence-corrected chi connectivity index (χ2v) is 9.05. The number of nitrogens with zero attached hydrogens (tertiary/aromatic N) is 1. The zero-order valence-electron chi connectivity index (χ0n) is 18.9. The monoisotopic (exact) mass is 423 g/mol. The number of allylic oxidation sites excluding steroid dienone is 4. The van der Waals surface area contributed by atoms with Crippen LogP contribution >= 0.6 is 0 Å². The quantitative estimate of drug-likeness (QED) is 0.560. The van der Waals surface area contributed by atoms with Gasteiger partial charge in [0.15, 0.2) is 0 Å². The number of anilines is 1. The van der Waals surface area contributed by atoms with E-state index in [2.05, 4.69) is 43.8 Å². The van der Waals surface area contributed by atoms with Crippen LogP contribution in [0.4, 0.5) is 10.1 Å². The number of hydrogen-bond donors (Lipinski definition) is 2. The van der Waals surface area contributed by atoms with E-state index in [1.807, 2.05) is 5.01 Å². The molecule has 166 valence electrons. The van der Waals surface area contributed by atoms with Gasteiger partial charge in [-0.25, -0.2) is 4.39 Å². The molecule has 1 unspecified atom stereocenters. The number of halogens is 1. The first-order chi connectivity index (χ1) is 15.0. The maximum Gasteiger partial charge on any atom is 0.220 e. The Hall–Kier alpha value is -2.56. The van der Waals surface area contributed by atoms with Gasteiger partial charge >= 0.3 is 0 Å². The van der Waals surface area contributed by atoms with Crippen molar-refractivity contribution in [3.63, 3.8) is 0 Å². The summed E-state index contributed by atoms with van der Waals surface area (Å²) in [6.45, 7) is 6.54. The van der Waals surface area contributed by atoms with E-state index in [4.69, 9.17) is 0 Å². The van der Waals surface area contributed by atoms with Gasteiger partial charge in [0.2, 0.25) is 5.91 Å². The van der Waals surface area contributed by atoms with E-state index in [0.717, 1.165) is 44.2 Å². The summed E-state index contributed by atoms with van der Waals surface area (Å²) in [4.78, 5) is 12.2. The van der Waals surface area contributed by atoms with Crippen LogP contribution in [-0.2, 0) is 4.79 Å². The Bertz CT molecular complexity index is 915. The van der Waals surface area contributed by atoms with E-state index in [1.165, 1.54) is 29.0 Å². The minimum absolute atomic E-state index is 0.185. The van der Waals surface area contributed by atoms with Crippen molar-refractivity contribution in [1.82, 2.24) is 10.7 Å². The highest BCUT2D eigenvalue weighted by Crippen LogP contribution is 2.49. The first-order valence-corrected chi connectivity index (χ1v) is 11.8. The molecule has 1 aromatic carbocycles. The van der Waals surface area contributed by atoms with Gasteiger partial charge in [-0.05, 0) is 73.9 Å². The van der Waals surface area contributed by atoms with Gasteiger partial charge in [-0.1, -0.05) is 32.8 Å². The second kappa shape index (κ2) is 9.29. The number of benzene rings is 1. The lowest BCUT2D eigenvalue weighted by atomic mass is 9.78. The van der Waals surface area contributed by atoms with Gasteiger partial charge in [-0.3, -0.25) is 9.80 Å². The Kier molecular flexibility index (Phi) is 6.49. The Balaban J connectivity index is 1.54. The number of nitrogens with one attached hydrogen (secondary N) is 2. The van der Waals surface area contributed by atoms with E-state index >= 15 is 0 Å². The van der Waals surface area contributed by atoms with Crippen molar-refractivity contribution in [3.8, 4) is 0 Å². The average Bonchev–Trinajstić information content (AvgIpc) is 3.34. The molecular formula is C26H34FN3O. The van der Waals surface area contributed by atoms with Crippen LogP contribution in [0.3, 0.4) is 0 Å². The molecule has 1 heterocycles. The lowest BCUT2D eigenvalue weighted by Crippen LogP contribution is -2.36. The van der Waals surface area contributed by atoms with E-state index in [9.17, 15) is 9.18 Å². The van der Waals surface area contributed by atoms with Gasteiger partial charge < -0.3 is 10.7 Å². The Labute approximate surface area is 185 Å². The SMILES string of the molecule is CCCC(=O)NC(CCC)C[C@H]1CCC2=C1[C@@H](C)C1=CNN(c3ccc(F)cc3)C1=C2. The zero-order valence-corrected chi connectivity index (χ0v) is 18.9. The molecule has 3 atom stereocenters. The first kappa shape index (κ1) is 21.7. The van der Waals surface area contributed by atoms with Gasteiger partial charge in [-0.2, -0.15) is 0 Å². The molecule has 2 aliphatic carbocycles. The number of hydrazine groups is 1. The van der Waals surface area contributed by atoms with Crippen molar-refractivity contribution >= 4 is 11.6 Å². The van der Waals surface area contributed by atoms with E-state index < -0.39 is 0 Å². The molecule has 0 bridgehead atoms. The summed E-state index contributed by atoms with van der Waals surface area (Å²) in [5.74, 6) is 0.819. The molecule has 0 saturated heterocycles. The Morgan fingerprint density at radius 3 is 2.74 bits per heavy atom. The van der Waals surface area contributed by atoms with Crippen molar-refractivity contribution < 1.29 is 9.18 Å². The smallest absolute Gasteiger partial charge is 0.220 e. The molecule has 1 aliphatic heterocycles. The molecule has 0 aromatic heterocycles. The maximum absolute atomic E-state index is 13.4. The minimum Gasteiger partial charge on any atom is -0.353 e. The van der Waals surface area contributed by atoms with Crippen LogP contribution in [0.2, 0.25) is 0 Å². The van der Waals surface area contributed by atoms with Gasteiger partial charge in [0.1, 0.15) is 5.82 Å². The van der Waals surface area contributed by atoms with Crippen molar-refractivity contribution in [2.75, 3.05) is 5.01 Å². The molecule has 1 amide bonds. The number of hydrogen-bond acceptors (Lipinski definition) is 3. The summed E-state index contributed by atoms with van der Waals surface area (Å²) in [5, 5.41) is 5.34. The second-order valence-electron chi connectivity index (χ2n) is 9.05. The van der Waals surface area contributed by atoms with Gasteiger partial charge in [0.25, 0.3) is 0 Å².